The Hall–Kier alpha value is -1.95. The van der Waals surface area contributed by atoms with E-state index in [4.69, 9.17) is 14.2 Å². The molecule has 1 heterocycles. The molecule has 6 nitrogen and oxygen atoms in total. The molecular weight excluding hydrogens is 320 g/mol. The Bertz CT molecular complexity index is 555. The SMILES string of the molecule is COc1cc(OC)c(OC)cc1CNC(=O)CN1CCCCCCC1. The molecule has 2 rings (SSSR count). The van der Waals surface area contributed by atoms with Gasteiger partial charge in [0, 0.05) is 18.2 Å². The van der Waals surface area contributed by atoms with Gasteiger partial charge in [-0.1, -0.05) is 19.3 Å². The minimum atomic E-state index is 0.0393. The number of methoxy groups -OCH3 is 3. The second-order valence-corrected chi connectivity index (χ2v) is 6.34. The molecule has 0 saturated carbocycles. The fraction of sp³-hybridized carbons (Fsp3) is 0.632. The van der Waals surface area contributed by atoms with E-state index in [1.54, 1.807) is 27.4 Å². The Morgan fingerprint density at radius 2 is 1.48 bits per heavy atom. The van der Waals surface area contributed by atoms with Crippen molar-refractivity contribution in [3.05, 3.63) is 17.7 Å². The predicted octanol–water partition coefficient (Wildman–Crippen LogP) is 2.59. The van der Waals surface area contributed by atoms with Crippen LogP contribution in [0.4, 0.5) is 0 Å². The summed E-state index contributed by atoms with van der Waals surface area (Å²) < 4.78 is 16.0. The maximum absolute atomic E-state index is 12.3. The van der Waals surface area contributed by atoms with E-state index < -0.39 is 0 Å². The molecule has 0 bridgehead atoms. The van der Waals surface area contributed by atoms with Crippen molar-refractivity contribution >= 4 is 5.91 Å². The van der Waals surface area contributed by atoms with Crippen LogP contribution >= 0.6 is 0 Å². The number of ether oxygens (including phenoxy) is 3. The summed E-state index contributed by atoms with van der Waals surface area (Å²) in [4.78, 5) is 14.6. The molecule has 0 atom stereocenters. The Labute approximate surface area is 150 Å². The lowest BCUT2D eigenvalue weighted by atomic mass is 10.1. The third-order valence-electron chi connectivity index (χ3n) is 4.58. The lowest BCUT2D eigenvalue weighted by Crippen LogP contribution is -2.38. The van der Waals surface area contributed by atoms with E-state index in [0.717, 1.165) is 18.7 Å². The molecule has 1 amide bonds. The van der Waals surface area contributed by atoms with Gasteiger partial charge in [0.1, 0.15) is 5.75 Å². The van der Waals surface area contributed by atoms with E-state index >= 15 is 0 Å². The first-order valence-corrected chi connectivity index (χ1v) is 8.96. The van der Waals surface area contributed by atoms with E-state index in [-0.39, 0.29) is 5.91 Å². The van der Waals surface area contributed by atoms with Gasteiger partial charge in [-0.25, -0.2) is 0 Å². The van der Waals surface area contributed by atoms with Crippen LogP contribution in [0.3, 0.4) is 0 Å². The second-order valence-electron chi connectivity index (χ2n) is 6.34. The van der Waals surface area contributed by atoms with Crippen LogP contribution in [-0.2, 0) is 11.3 Å². The van der Waals surface area contributed by atoms with Gasteiger partial charge in [-0.3, -0.25) is 9.69 Å². The summed E-state index contributed by atoms with van der Waals surface area (Å²) in [5.41, 5.74) is 0.862. The van der Waals surface area contributed by atoms with E-state index in [1.807, 2.05) is 6.07 Å². The van der Waals surface area contributed by atoms with Gasteiger partial charge in [-0.15, -0.1) is 0 Å². The Morgan fingerprint density at radius 3 is 2.08 bits per heavy atom. The summed E-state index contributed by atoms with van der Waals surface area (Å²) in [7, 11) is 4.78. The van der Waals surface area contributed by atoms with Crippen LogP contribution in [0, 0.1) is 0 Å². The molecule has 1 aromatic rings. The first-order chi connectivity index (χ1) is 12.2. The fourth-order valence-electron chi connectivity index (χ4n) is 3.15. The van der Waals surface area contributed by atoms with Crippen molar-refractivity contribution in [2.45, 2.75) is 38.6 Å². The van der Waals surface area contributed by atoms with Gasteiger partial charge in [0.25, 0.3) is 0 Å². The van der Waals surface area contributed by atoms with Crippen molar-refractivity contribution in [1.82, 2.24) is 10.2 Å². The van der Waals surface area contributed by atoms with Gasteiger partial charge in [0.05, 0.1) is 27.9 Å². The minimum absolute atomic E-state index is 0.0393. The average Bonchev–Trinajstić information content (AvgIpc) is 2.61. The summed E-state index contributed by atoms with van der Waals surface area (Å²) in [6.45, 7) is 2.87. The van der Waals surface area contributed by atoms with Gasteiger partial charge in [0.2, 0.25) is 5.91 Å². The van der Waals surface area contributed by atoms with Crippen molar-refractivity contribution in [3.63, 3.8) is 0 Å². The van der Waals surface area contributed by atoms with Gasteiger partial charge >= 0.3 is 0 Å². The average molecular weight is 350 g/mol. The van der Waals surface area contributed by atoms with E-state index in [2.05, 4.69) is 10.2 Å². The number of carbonyl (C=O) groups excluding carboxylic acids is 1. The number of amides is 1. The Balaban J connectivity index is 1.93. The molecule has 0 aliphatic carbocycles. The van der Waals surface area contributed by atoms with Crippen LogP contribution in [-0.4, -0.2) is 51.8 Å². The monoisotopic (exact) mass is 350 g/mol. The van der Waals surface area contributed by atoms with Crippen LogP contribution in [0.5, 0.6) is 17.2 Å². The maximum Gasteiger partial charge on any atom is 0.234 e. The highest BCUT2D eigenvalue weighted by Gasteiger charge is 2.15. The first kappa shape index (κ1) is 19.4. The topological polar surface area (TPSA) is 60.0 Å². The number of likely N-dealkylation sites (tertiary alicyclic amines) is 1. The Kier molecular flexibility index (Phi) is 7.85. The normalized spacial score (nSPS) is 15.8. The van der Waals surface area contributed by atoms with Crippen LogP contribution in [0.25, 0.3) is 0 Å². The first-order valence-electron chi connectivity index (χ1n) is 8.96. The van der Waals surface area contributed by atoms with E-state index in [1.165, 1.54) is 32.1 Å². The minimum Gasteiger partial charge on any atom is -0.496 e. The molecule has 0 spiro atoms. The van der Waals surface area contributed by atoms with Crippen molar-refractivity contribution in [2.75, 3.05) is 41.0 Å². The number of nitrogens with zero attached hydrogens (tertiary/aromatic N) is 1. The molecule has 1 saturated heterocycles. The second kappa shape index (κ2) is 10.1. The number of nitrogens with one attached hydrogen (secondary N) is 1. The number of rotatable bonds is 7. The van der Waals surface area contributed by atoms with Gasteiger partial charge in [-0.2, -0.15) is 0 Å². The molecule has 1 aliphatic heterocycles. The maximum atomic E-state index is 12.3. The summed E-state index contributed by atoms with van der Waals surface area (Å²) in [5, 5.41) is 2.99. The third kappa shape index (κ3) is 5.81. The molecule has 0 unspecified atom stereocenters. The molecule has 0 radical (unpaired) electrons. The van der Waals surface area contributed by atoms with Gasteiger partial charge < -0.3 is 19.5 Å². The fourth-order valence-corrected chi connectivity index (χ4v) is 3.15. The van der Waals surface area contributed by atoms with Gasteiger partial charge in [0.15, 0.2) is 11.5 Å². The molecule has 1 aromatic carbocycles. The zero-order valence-corrected chi connectivity index (χ0v) is 15.6. The number of hydrogen-bond acceptors (Lipinski definition) is 5. The zero-order valence-electron chi connectivity index (χ0n) is 15.6. The van der Waals surface area contributed by atoms with Crippen molar-refractivity contribution < 1.29 is 19.0 Å². The smallest absolute Gasteiger partial charge is 0.234 e. The standard InChI is InChI=1S/C19H30N2O4/c1-23-16-12-18(25-3)17(24-2)11-15(16)13-20-19(22)14-21-9-7-5-4-6-8-10-21/h11-12H,4-10,13-14H2,1-3H3,(H,20,22). The zero-order chi connectivity index (χ0) is 18.1. The predicted molar refractivity (Wildman–Crippen MR) is 97.5 cm³/mol. The highest BCUT2D eigenvalue weighted by atomic mass is 16.5. The van der Waals surface area contributed by atoms with E-state index in [0.29, 0.717) is 30.3 Å². The number of carbonyl (C=O) groups is 1. The summed E-state index contributed by atoms with van der Waals surface area (Å²) in [6, 6.07) is 3.62. The molecular formula is C19H30N2O4. The van der Waals surface area contributed by atoms with Crippen LogP contribution < -0.4 is 19.5 Å². The molecule has 25 heavy (non-hydrogen) atoms. The van der Waals surface area contributed by atoms with E-state index in [9.17, 15) is 4.79 Å². The molecule has 0 aromatic heterocycles. The molecule has 140 valence electrons. The molecule has 6 heteroatoms. The molecule has 1 aliphatic rings. The lowest BCUT2D eigenvalue weighted by molar-refractivity contribution is -0.122. The summed E-state index contributed by atoms with van der Waals surface area (Å²) >= 11 is 0. The number of hydrogen-bond donors (Lipinski definition) is 1. The van der Waals surface area contributed by atoms with Crippen molar-refractivity contribution in [2.24, 2.45) is 0 Å². The quantitative estimate of drug-likeness (QED) is 0.819. The van der Waals surface area contributed by atoms with Crippen LogP contribution in [0.1, 0.15) is 37.7 Å². The summed E-state index contributed by atoms with van der Waals surface area (Å²) in [6.07, 6.45) is 6.20. The summed E-state index contributed by atoms with van der Waals surface area (Å²) in [5.74, 6) is 1.94. The highest BCUT2D eigenvalue weighted by Crippen LogP contribution is 2.34. The van der Waals surface area contributed by atoms with Crippen LogP contribution in [0.2, 0.25) is 0 Å². The van der Waals surface area contributed by atoms with Gasteiger partial charge in [-0.05, 0) is 32.0 Å². The molecule has 1 fully saturated rings. The lowest BCUT2D eigenvalue weighted by Gasteiger charge is -2.23. The largest absolute Gasteiger partial charge is 0.496 e. The number of benzene rings is 1. The Morgan fingerprint density at radius 1 is 0.920 bits per heavy atom. The third-order valence-corrected chi connectivity index (χ3v) is 4.58. The van der Waals surface area contributed by atoms with Crippen LogP contribution in [0.15, 0.2) is 12.1 Å². The van der Waals surface area contributed by atoms with Crippen molar-refractivity contribution in [1.29, 1.82) is 0 Å². The molecule has 1 N–H and O–H groups in total. The highest BCUT2D eigenvalue weighted by molar-refractivity contribution is 5.78. The van der Waals surface area contributed by atoms with Crippen molar-refractivity contribution in [3.8, 4) is 17.2 Å².